The normalized spacial score (nSPS) is 12.4. The predicted molar refractivity (Wildman–Crippen MR) is 94.7 cm³/mol. The zero-order valence-corrected chi connectivity index (χ0v) is 15.6. The molecule has 0 saturated heterocycles. The lowest BCUT2D eigenvalue weighted by Gasteiger charge is -2.16. The van der Waals surface area contributed by atoms with E-state index in [2.05, 4.69) is 0 Å². The van der Waals surface area contributed by atoms with Crippen molar-refractivity contribution in [1.29, 1.82) is 5.41 Å². The van der Waals surface area contributed by atoms with Crippen LogP contribution in [0, 0.1) is 12.3 Å². The summed E-state index contributed by atoms with van der Waals surface area (Å²) >= 11 is 6.87. The van der Waals surface area contributed by atoms with Gasteiger partial charge in [-0.25, -0.2) is 0 Å². The van der Waals surface area contributed by atoms with Crippen molar-refractivity contribution >= 4 is 22.9 Å². The highest BCUT2D eigenvalue weighted by molar-refractivity contribution is 7.07. The minimum atomic E-state index is -4.97. The van der Waals surface area contributed by atoms with E-state index in [1.54, 1.807) is 25.1 Å². The molecule has 2 aromatic carbocycles. The predicted octanol–water partition coefficient (Wildman–Crippen LogP) is 6.68. The summed E-state index contributed by atoms with van der Waals surface area (Å²) in [7, 11) is 0. The fourth-order valence-electron chi connectivity index (χ4n) is 2.65. The molecule has 1 heterocycles. The van der Waals surface area contributed by atoms with Crippen molar-refractivity contribution in [3.05, 3.63) is 68.3 Å². The van der Waals surface area contributed by atoms with Crippen LogP contribution in [0.15, 0.2) is 41.8 Å². The second-order valence-corrected chi connectivity index (χ2v) is 7.25. The summed E-state index contributed by atoms with van der Waals surface area (Å²) < 4.78 is 80.0. The van der Waals surface area contributed by atoms with E-state index in [9.17, 15) is 26.3 Å². The molecule has 1 N–H and O–H groups in total. The summed E-state index contributed by atoms with van der Waals surface area (Å²) in [5.74, 6) is 0. The van der Waals surface area contributed by atoms with Gasteiger partial charge in [-0.2, -0.15) is 26.3 Å². The van der Waals surface area contributed by atoms with Crippen LogP contribution >= 0.6 is 22.9 Å². The first-order valence-electron chi connectivity index (χ1n) is 7.69. The zero-order chi connectivity index (χ0) is 20.9. The summed E-state index contributed by atoms with van der Waals surface area (Å²) in [6.07, 6.45) is -9.93. The van der Waals surface area contributed by atoms with Crippen molar-refractivity contribution in [2.45, 2.75) is 19.3 Å². The smallest absolute Gasteiger partial charge is 0.286 e. The van der Waals surface area contributed by atoms with E-state index in [1.165, 1.54) is 5.38 Å². The van der Waals surface area contributed by atoms with Gasteiger partial charge >= 0.3 is 12.4 Å². The van der Waals surface area contributed by atoms with Gasteiger partial charge in [-0.3, -0.25) is 9.98 Å². The van der Waals surface area contributed by atoms with E-state index in [0.717, 1.165) is 15.9 Å². The lowest BCUT2D eigenvalue weighted by Crippen LogP contribution is -2.17. The largest absolute Gasteiger partial charge is 0.416 e. The summed E-state index contributed by atoms with van der Waals surface area (Å²) in [6.45, 7) is 1.72. The Balaban J connectivity index is 2.29. The first-order chi connectivity index (χ1) is 12.9. The third-order valence-electron chi connectivity index (χ3n) is 4.01. The Kier molecular flexibility index (Phi) is 5.09. The van der Waals surface area contributed by atoms with E-state index in [-0.39, 0.29) is 10.9 Å². The molecule has 0 atom stereocenters. The van der Waals surface area contributed by atoms with Crippen molar-refractivity contribution in [2.75, 3.05) is 0 Å². The van der Waals surface area contributed by atoms with Crippen LogP contribution in [0.1, 0.15) is 16.7 Å². The van der Waals surface area contributed by atoms with Gasteiger partial charge in [0.15, 0.2) is 4.80 Å². The number of hydrogen-bond donors (Lipinski definition) is 1. The molecule has 1 aromatic heterocycles. The summed E-state index contributed by atoms with van der Waals surface area (Å²) in [4.78, 5) is -0.213. The van der Waals surface area contributed by atoms with E-state index in [1.807, 2.05) is 0 Å². The number of rotatable bonds is 2. The molecular formula is C18H11ClF6N2S. The number of benzene rings is 2. The molecule has 0 bridgehead atoms. The number of halogens is 7. The second kappa shape index (κ2) is 6.97. The summed E-state index contributed by atoms with van der Waals surface area (Å²) in [5.41, 5.74) is -1.77. The minimum Gasteiger partial charge on any atom is -0.286 e. The average molecular weight is 437 g/mol. The number of nitrogens with one attached hydrogen (secondary N) is 1. The van der Waals surface area contributed by atoms with Gasteiger partial charge in [-0.1, -0.05) is 17.7 Å². The fraction of sp³-hybridized carbons (Fsp3) is 0.167. The lowest BCUT2D eigenvalue weighted by atomic mass is 10.1. The number of aromatic nitrogens is 1. The molecule has 0 fully saturated rings. The summed E-state index contributed by atoms with van der Waals surface area (Å²) in [6, 6.07) is 6.08. The van der Waals surface area contributed by atoms with Gasteiger partial charge in [-0.15, -0.1) is 11.3 Å². The van der Waals surface area contributed by atoms with Crippen molar-refractivity contribution in [3.63, 3.8) is 0 Å². The van der Waals surface area contributed by atoms with E-state index >= 15 is 0 Å². The van der Waals surface area contributed by atoms with E-state index < -0.39 is 29.2 Å². The molecule has 0 unspecified atom stereocenters. The zero-order valence-electron chi connectivity index (χ0n) is 14.0. The third kappa shape index (κ3) is 3.95. The van der Waals surface area contributed by atoms with Crippen LogP contribution in [-0.4, -0.2) is 4.57 Å². The van der Waals surface area contributed by atoms with Crippen LogP contribution in [0.4, 0.5) is 26.3 Å². The molecule has 148 valence electrons. The molecule has 0 radical (unpaired) electrons. The molecule has 0 aliphatic carbocycles. The first-order valence-corrected chi connectivity index (χ1v) is 8.95. The Morgan fingerprint density at radius 2 is 1.50 bits per heavy atom. The minimum absolute atomic E-state index is 0.0617. The summed E-state index contributed by atoms with van der Waals surface area (Å²) in [5, 5.41) is 9.99. The Bertz CT molecular complexity index is 1060. The molecule has 10 heteroatoms. The molecule has 0 saturated carbocycles. The van der Waals surface area contributed by atoms with Crippen molar-refractivity contribution in [3.8, 4) is 16.9 Å². The second-order valence-electron chi connectivity index (χ2n) is 5.99. The highest BCUT2D eigenvalue weighted by Crippen LogP contribution is 2.38. The molecule has 2 nitrogen and oxygen atoms in total. The highest BCUT2D eigenvalue weighted by atomic mass is 35.5. The quantitative estimate of drug-likeness (QED) is 0.434. The Hall–Kier alpha value is -2.26. The molecule has 0 amide bonds. The number of nitrogens with zero attached hydrogens (tertiary/aromatic N) is 1. The fourth-order valence-corrected chi connectivity index (χ4v) is 3.54. The van der Waals surface area contributed by atoms with Crippen LogP contribution in [0.5, 0.6) is 0 Å². The van der Waals surface area contributed by atoms with Gasteiger partial charge in [0.1, 0.15) is 0 Å². The van der Waals surface area contributed by atoms with Crippen molar-refractivity contribution in [1.82, 2.24) is 4.57 Å². The van der Waals surface area contributed by atoms with Crippen LogP contribution in [-0.2, 0) is 12.4 Å². The van der Waals surface area contributed by atoms with Gasteiger partial charge < -0.3 is 0 Å². The Labute approximate surface area is 164 Å². The standard InChI is InChI=1S/C18H11ClF6N2S/c1-9-4-10(2-3-14(9)19)15-8-28-16(26)27(15)13-6-11(17(20,21)22)5-12(7-13)18(23,24)25/h2-8,26H,1H3. The molecule has 0 aliphatic heterocycles. The van der Waals surface area contributed by atoms with Crippen LogP contribution in [0.3, 0.4) is 0 Å². The Morgan fingerprint density at radius 3 is 2.00 bits per heavy atom. The molecule has 3 rings (SSSR count). The lowest BCUT2D eigenvalue weighted by molar-refractivity contribution is -0.143. The maximum absolute atomic E-state index is 13.2. The maximum Gasteiger partial charge on any atom is 0.416 e. The highest BCUT2D eigenvalue weighted by Gasteiger charge is 2.37. The van der Waals surface area contributed by atoms with E-state index in [0.29, 0.717) is 34.0 Å². The van der Waals surface area contributed by atoms with Crippen molar-refractivity contribution in [2.24, 2.45) is 0 Å². The number of aryl methyl sites for hydroxylation is 1. The van der Waals surface area contributed by atoms with Gasteiger partial charge in [-0.05, 0) is 48.4 Å². The third-order valence-corrected chi connectivity index (χ3v) is 5.18. The SMILES string of the molecule is Cc1cc(-c2csc(=N)n2-c2cc(C(F)(F)F)cc(C(F)(F)F)c2)ccc1Cl. The molecule has 28 heavy (non-hydrogen) atoms. The number of thiazole rings is 1. The number of alkyl halides is 6. The van der Waals surface area contributed by atoms with Crippen LogP contribution < -0.4 is 4.80 Å². The van der Waals surface area contributed by atoms with Crippen LogP contribution in [0.25, 0.3) is 16.9 Å². The van der Waals surface area contributed by atoms with E-state index in [4.69, 9.17) is 17.0 Å². The van der Waals surface area contributed by atoms with Gasteiger partial charge in [0.2, 0.25) is 0 Å². The van der Waals surface area contributed by atoms with Crippen molar-refractivity contribution < 1.29 is 26.3 Å². The maximum atomic E-state index is 13.2. The van der Waals surface area contributed by atoms with Gasteiger partial charge in [0.05, 0.1) is 16.8 Å². The average Bonchev–Trinajstić information content (AvgIpc) is 2.97. The molecule has 0 aliphatic rings. The molecule has 3 aromatic rings. The van der Waals surface area contributed by atoms with Crippen LogP contribution in [0.2, 0.25) is 5.02 Å². The number of hydrogen-bond acceptors (Lipinski definition) is 2. The molecule has 0 spiro atoms. The first kappa shape index (κ1) is 20.5. The monoisotopic (exact) mass is 436 g/mol. The van der Waals surface area contributed by atoms with Gasteiger partial charge in [0.25, 0.3) is 0 Å². The Morgan fingerprint density at radius 1 is 0.929 bits per heavy atom. The topological polar surface area (TPSA) is 28.8 Å². The molecular weight excluding hydrogens is 426 g/mol. The van der Waals surface area contributed by atoms with Gasteiger partial charge in [0, 0.05) is 16.1 Å².